The molecule has 165 valence electrons. The third-order valence-electron chi connectivity index (χ3n) is 5.58. The number of urea groups is 1. The van der Waals surface area contributed by atoms with Crippen molar-refractivity contribution in [2.24, 2.45) is 5.92 Å². The van der Waals surface area contributed by atoms with Crippen molar-refractivity contribution in [1.29, 1.82) is 0 Å². The molecule has 1 aliphatic heterocycles. The Kier molecular flexibility index (Phi) is 7.81. The fourth-order valence-electron chi connectivity index (χ4n) is 3.58. The Hall–Kier alpha value is -2.28. The normalized spacial score (nSPS) is 15.6. The van der Waals surface area contributed by atoms with Crippen LogP contribution in [0.4, 0.5) is 16.2 Å². The predicted octanol–water partition coefficient (Wildman–Crippen LogP) is 5.65. The van der Waals surface area contributed by atoms with Crippen LogP contribution in [0, 0.1) is 5.92 Å². The molecule has 3 amide bonds. The molecule has 2 aromatic carbocycles. The molecule has 1 fully saturated rings. The van der Waals surface area contributed by atoms with E-state index in [2.05, 4.69) is 10.6 Å². The van der Waals surface area contributed by atoms with Crippen LogP contribution in [0.15, 0.2) is 42.5 Å². The lowest BCUT2D eigenvalue weighted by Gasteiger charge is -2.32. The lowest BCUT2D eigenvalue weighted by molar-refractivity contribution is -0.118. The van der Waals surface area contributed by atoms with Crippen LogP contribution in [0.1, 0.15) is 38.2 Å². The largest absolute Gasteiger partial charge is 0.325 e. The molecule has 0 spiro atoms. The van der Waals surface area contributed by atoms with Crippen LogP contribution in [0.3, 0.4) is 0 Å². The van der Waals surface area contributed by atoms with E-state index in [4.69, 9.17) is 28.9 Å². The summed E-state index contributed by atoms with van der Waals surface area (Å²) in [6, 6.07) is 11.9. The fraction of sp³-hybridized carbons (Fsp3) is 0.391. The van der Waals surface area contributed by atoms with Gasteiger partial charge in [-0.25, -0.2) is 10.5 Å². The number of amides is 3. The smallest absolute Gasteiger partial charge is 0.321 e. The lowest BCUT2D eigenvalue weighted by Crippen LogP contribution is -2.40. The van der Waals surface area contributed by atoms with Gasteiger partial charge in [-0.05, 0) is 54.5 Å². The second kappa shape index (κ2) is 10.4. The summed E-state index contributed by atoms with van der Waals surface area (Å²) in [6.07, 6.45) is 1.69. The summed E-state index contributed by atoms with van der Waals surface area (Å²) in [6.45, 7) is 4.98. The SMILES string of the molecule is CC(C)C([NH])C(=O)Nc1ccc(C2CCN(C(=O)Nc3c(Cl)cccc3Cl)CC2)cc1. The van der Waals surface area contributed by atoms with E-state index >= 15 is 0 Å². The van der Waals surface area contributed by atoms with Crippen molar-refractivity contribution < 1.29 is 9.59 Å². The quantitative estimate of drug-likeness (QED) is 0.602. The van der Waals surface area contributed by atoms with Gasteiger partial charge in [-0.2, -0.15) is 0 Å². The van der Waals surface area contributed by atoms with E-state index in [9.17, 15) is 9.59 Å². The number of piperidine rings is 1. The molecule has 3 N–H and O–H groups in total. The van der Waals surface area contributed by atoms with E-state index < -0.39 is 6.04 Å². The fourth-order valence-corrected chi connectivity index (χ4v) is 4.07. The van der Waals surface area contributed by atoms with E-state index in [1.807, 2.05) is 38.1 Å². The molecule has 0 aromatic heterocycles. The summed E-state index contributed by atoms with van der Waals surface area (Å²) in [5.74, 6) is 0.0218. The molecule has 1 unspecified atom stereocenters. The van der Waals surface area contributed by atoms with Crippen LogP contribution in [0.2, 0.25) is 10.0 Å². The van der Waals surface area contributed by atoms with Crippen molar-refractivity contribution >= 4 is 46.5 Å². The Balaban J connectivity index is 1.53. The maximum Gasteiger partial charge on any atom is 0.321 e. The minimum Gasteiger partial charge on any atom is -0.325 e. The number of para-hydroxylation sites is 1. The topological polar surface area (TPSA) is 85.2 Å². The van der Waals surface area contributed by atoms with Gasteiger partial charge < -0.3 is 15.5 Å². The number of carbonyl (C=O) groups excluding carboxylic acids is 2. The third-order valence-corrected chi connectivity index (χ3v) is 6.21. The average molecular weight is 462 g/mol. The number of halogens is 2. The highest BCUT2D eigenvalue weighted by Gasteiger charge is 2.25. The molecule has 0 bridgehead atoms. The summed E-state index contributed by atoms with van der Waals surface area (Å²) >= 11 is 12.3. The van der Waals surface area contributed by atoms with E-state index in [-0.39, 0.29) is 17.9 Å². The van der Waals surface area contributed by atoms with Crippen LogP contribution in [0.5, 0.6) is 0 Å². The molecule has 8 heteroatoms. The zero-order valence-electron chi connectivity index (χ0n) is 17.6. The number of carbonyl (C=O) groups is 2. The van der Waals surface area contributed by atoms with E-state index in [0.29, 0.717) is 40.4 Å². The van der Waals surface area contributed by atoms with Crippen LogP contribution < -0.4 is 16.4 Å². The Labute approximate surface area is 193 Å². The lowest BCUT2D eigenvalue weighted by atomic mass is 9.89. The van der Waals surface area contributed by atoms with Crippen molar-refractivity contribution in [2.45, 2.75) is 38.6 Å². The maximum absolute atomic E-state index is 12.6. The van der Waals surface area contributed by atoms with Crippen molar-refractivity contribution in [3.63, 3.8) is 0 Å². The van der Waals surface area contributed by atoms with Gasteiger partial charge in [0.15, 0.2) is 0 Å². The highest BCUT2D eigenvalue weighted by Crippen LogP contribution is 2.32. The Bertz CT molecular complexity index is 905. The van der Waals surface area contributed by atoms with E-state index in [0.717, 1.165) is 12.8 Å². The molecule has 1 heterocycles. The molecule has 1 saturated heterocycles. The third kappa shape index (κ3) is 5.91. The van der Waals surface area contributed by atoms with Gasteiger partial charge in [0.2, 0.25) is 5.91 Å². The zero-order chi connectivity index (χ0) is 22.5. The molecule has 0 saturated carbocycles. The second-order valence-corrected chi connectivity index (χ2v) is 8.94. The van der Waals surface area contributed by atoms with Crippen molar-refractivity contribution in [2.75, 3.05) is 23.7 Å². The first-order chi connectivity index (χ1) is 14.8. The van der Waals surface area contributed by atoms with Crippen LogP contribution >= 0.6 is 23.2 Å². The molecular formula is C23H27Cl2N4O2. The molecule has 0 aliphatic carbocycles. The number of rotatable bonds is 5. The van der Waals surface area contributed by atoms with Gasteiger partial charge in [-0.15, -0.1) is 0 Å². The zero-order valence-corrected chi connectivity index (χ0v) is 19.1. The first kappa shape index (κ1) is 23.4. The maximum atomic E-state index is 12.6. The second-order valence-electron chi connectivity index (χ2n) is 8.12. The van der Waals surface area contributed by atoms with Gasteiger partial charge >= 0.3 is 6.03 Å². The summed E-state index contributed by atoms with van der Waals surface area (Å²) in [5.41, 5.74) is 10.2. The number of likely N-dealkylation sites (tertiary alicyclic amines) is 1. The van der Waals surface area contributed by atoms with Crippen LogP contribution in [-0.2, 0) is 4.79 Å². The summed E-state index contributed by atoms with van der Waals surface area (Å²) in [7, 11) is 0. The van der Waals surface area contributed by atoms with Crippen LogP contribution in [-0.4, -0.2) is 36.0 Å². The number of nitrogens with zero attached hydrogens (tertiary/aromatic N) is 1. The van der Waals surface area contributed by atoms with Gasteiger partial charge in [0.05, 0.1) is 15.7 Å². The number of anilines is 2. The molecular weight excluding hydrogens is 435 g/mol. The minimum atomic E-state index is -0.782. The van der Waals surface area contributed by atoms with Gasteiger partial charge in [-0.3, -0.25) is 4.79 Å². The molecule has 31 heavy (non-hydrogen) atoms. The van der Waals surface area contributed by atoms with Gasteiger partial charge in [-0.1, -0.05) is 55.2 Å². The number of nitrogens with one attached hydrogen (secondary N) is 3. The summed E-state index contributed by atoms with van der Waals surface area (Å²) < 4.78 is 0. The highest BCUT2D eigenvalue weighted by atomic mass is 35.5. The van der Waals surface area contributed by atoms with Gasteiger partial charge in [0, 0.05) is 18.8 Å². The predicted molar refractivity (Wildman–Crippen MR) is 126 cm³/mol. The highest BCUT2D eigenvalue weighted by molar-refractivity contribution is 6.39. The van der Waals surface area contributed by atoms with Crippen molar-refractivity contribution in [3.8, 4) is 0 Å². The first-order valence-electron chi connectivity index (χ1n) is 10.4. The summed E-state index contributed by atoms with van der Waals surface area (Å²) in [5, 5.41) is 6.43. The summed E-state index contributed by atoms with van der Waals surface area (Å²) in [4.78, 5) is 26.4. The number of hydrogen-bond donors (Lipinski definition) is 2. The minimum absolute atomic E-state index is 0.0319. The molecule has 2 aromatic rings. The molecule has 6 nitrogen and oxygen atoms in total. The standard InChI is InChI=1S/C23H27Cl2N4O2/c1-14(2)20(26)22(30)27-17-8-6-15(7-9-17)16-10-12-29(13-11-16)23(31)28-21-18(24)4-3-5-19(21)25/h3-9,14,16,20,26H,10-13H2,1-2H3,(H,27,30)(H,28,31). The van der Waals surface area contributed by atoms with Crippen molar-refractivity contribution in [3.05, 3.63) is 58.1 Å². The van der Waals surface area contributed by atoms with Crippen molar-refractivity contribution in [1.82, 2.24) is 10.6 Å². The molecule has 1 aliphatic rings. The van der Waals surface area contributed by atoms with E-state index in [1.54, 1.807) is 23.1 Å². The van der Waals surface area contributed by atoms with Gasteiger partial charge in [0.1, 0.15) is 6.04 Å². The van der Waals surface area contributed by atoms with Crippen LogP contribution in [0.25, 0.3) is 0 Å². The van der Waals surface area contributed by atoms with Gasteiger partial charge in [0.25, 0.3) is 0 Å². The monoisotopic (exact) mass is 461 g/mol. The Morgan fingerprint density at radius 2 is 1.58 bits per heavy atom. The number of benzene rings is 2. The number of hydrogen-bond acceptors (Lipinski definition) is 2. The molecule has 3 rings (SSSR count). The average Bonchev–Trinajstić information content (AvgIpc) is 2.76. The molecule has 1 radical (unpaired) electrons. The molecule has 1 atom stereocenters. The Morgan fingerprint density at radius 1 is 1.00 bits per heavy atom. The Morgan fingerprint density at radius 3 is 2.13 bits per heavy atom. The van der Waals surface area contributed by atoms with E-state index in [1.165, 1.54) is 5.56 Å². The first-order valence-corrected chi connectivity index (χ1v) is 11.1.